The molecule has 2 aromatic heterocycles. The van der Waals surface area contributed by atoms with Crippen molar-refractivity contribution in [2.45, 2.75) is 26.2 Å². The second kappa shape index (κ2) is 13.8. The van der Waals surface area contributed by atoms with Crippen molar-refractivity contribution in [2.24, 2.45) is 0 Å². The molecular weight excluding hydrogens is 901 g/mol. The molecule has 0 saturated heterocycles. The normalized spacial score (nSPS) is 12.8. The van der Waals surface area contributed by atoms with Crippen molar-refractivity contribution in [1.82, 2.24) is 14.3 Å². The van der Waals surface area contributed by atoms with Crippen LogP contribution in [0.25, 0.3) is 55.6 Å². The molecule has 8 aromatic rings. The quantitative estimate of drug-likeness (QED) is 0.0745. The Kier molecular flexibility index (Phi) is 9.16. The van der Waals surface area contributed by atoms with Crippen molar-refractivity contribution in [1.29, 1.82) is 0 Å². The van der Waals surface area contributed by atoms with E-state index in [1.54, 1.807) is 57.2 Å². The third-order valence-corrected chi connectivity index (χ3v) is 9.97. The Labute approximate surface area is 334 Å². The van der Waals surface area contributed by atoms with Crippen LogP contribution in [-0.2, 0) is 26.5 Å². The van der Waals surface area contributed by atoms with E-state index >= 15 is 8.78 Å². The van der Waals surface area contributed by atoms with Crippen LogP contribution in [0.2, 0.25) is 0 Å². The minimum Gasteiger partial charge on any atom is -0.504 e. The zero-order chi connectivity index (χ0) is 38.3. The van der Waals surface area contributed by atoms with E-state index in [1.165, 1.54) is 4.68 Å². The molecule has 0 N–H and O–H groups in total. The number of nitrogens with zero attached hydrogens (tertiary/aromatic N) is 5. The van der Waals surface area contributed by atoms with Crippen LogP contribution in [0, 0.1) is 47.9 Å². The molecular formula is C45H31F5N5Pt-3. The Morgan fingerprint density at radius 3 is 1.93 bits per heavy atom. The van der Waals surface area contributed by atoms with Gasteiger partial charge in [-0.2, -0.15) is 23.9 Å². The Hall–Kier alpha value is -5.73. The first-order valence-electron chi connectivity index (χ1n) is 17.6. The number of halogens is 5. The van der Waals surface area contributed by atoms with Crippen molar-refractivity contribution in [3.8, 4) is 33.8 Å². The summed E-state index contributed by atoms with van der Waals surface area (Å²) in [7, 11) is 1.99. The van der Waals surface area contributed by atoms with Crippen LogP contribution in [-0.4, -0.2) is 21.4 Å². The van der Waals surface area contributed by atoms with Crippen LogP contribution in [0.5, 0.6) is 0 Å². The van der Waals surface area contributed by atoms with E-state index < -0.39 is 40.1 Å². The van der Waals surface area contributed by atoms with Gasteiger partial charge in [-0.3, -0.25) is 4.68 Å². The van der Waals surface area contributed by atoms with Gasteiger partial charge in [-0.25, -0.2) is 22.0 Å². The first kappa shape index (κ1) is 37.2. The molecule has 5 nitrogen and oxygen atoms in total. The topological polar surface area (TPSA) is 29.2 Å². The first-order chi connectivity index (χ1) is 26.4. The summed E-state index contributed by atoms with van der Waals surface area (Å²) in [6, 6.07) is 41.4. The molecule has 1 aliphatic rings. The van der Waals surface area contributed by atoms with Gasteiger partial charge < -0.3 is 14.4 Å². The second-order valence-electron chi connectivity index (χ2n) is 14.5. The third kappa shape index (κ3) is 5.72. The van der Waals surface area contributed by atoms with E-state index in [-0.39, 0.29) is 38.0 Å². The van der Waals surface area contributed by atoms with Gasteiger partial charge in [0.25, 0.3) is 0 Å². The van der Waals surface area contributed by atoms with Crippen molar-refractivity contribution in [3.05, 3.63) is 163 Å². The van der Waals surface area contributed by atoms with Gasteiger partial charge in [0.05, 0.1) is 11.3 Å². The number of hydrogen-bond acceptors (Lipinski definition) is 3. The average Bonchev–Trinajstić information content (AvgIpc) is 3.87. The van der Waals surface area contributed by atoms with Crippen molar-refractivity contribution in [3.63, 3.8) is 0 Å². The van der Waals surface area contributed by atoms with Crippen LogP contribution in [0.15, 0.2) is 109 Å². The molecule has 0 spiro atoms. The number of anilines is 3. The molecule has 0 unspecified atom stereocenters. The van der Waals surface area contributed by atoms with Crippen LogP contribution < -0.4 is 9.80 Å². The van der Waals surface area contributed by atoms with Gasteiger partial charge in [-0.1, -0.05) is 92.6 Å². The van der Waals surface area contributed by atoms with Gasteiger partial charge in [0.2, 0.25) is 5.82 Å². The van der Waals surface area contributed by atoms with E-state index in [9.17, 15) is 13.2 Å². The summed E-state index contributed by atoms with van der Waals surface area (Å²) < 4.78 is 79.3. The van der Waals surface area contributed by atoms with Gasteiger partial charge in [0.15, 0.2) is 23.3 Å². The van der Waals surface area contributed by atoms with Crippen molar-refractivity contribution < 1.29 is 43.0 Å². The second-order valence-corrected chi connectivity index (χ2v) is 14.5. The summed E-state index contributed by atoms with van der Waals surface area (Å²) in [5, 5.41) is 6.73. The maximum Gasteiger partial charge on any atom is 0.200 e. The van der Waals surface area contributed by atoms with Crippen LogP contribution in [0.4, 0.5) is 39.0 Å². The average molecular weight is 932 g/mol. The smallest absolute Gasteiger partial charge is 0.200 e. The van der Waals surface area contributed by atoms with E-state index in [1.807, 2.05) is 78.9 Å². The van der Waals surface area contributed by atoms with Gasteiger partial charge in [-0.15, -0.1) is 41.4 Å². The van der Waals surface area contributed by atoms with Gasteiger partial charge in [0.1, 0.15) is 5.69 Å². The summed E-state index contributed by atoms with van der Waals surface area (Å²) in [5.41, 5.74) is 4.13. The van der Waals surface area contributed by atoms with Gasteiger partial charge in [-0.05, 0) is 36.3 Å². The fourth-order valence-corrected chi connectivity index (χ4v) is 7.57. The number of rotatable bonds is 5. The molecule has 3 heterocycles. The summed E-state index contributed by atoms with van der Waals surface area (Å²) in [4.78, 5) is 4.13. The molecule has 56 heavy (non-hydrogen) atoms. The summed E-state index contributed by atoms with van der Waals surface area (Å²) >= 11 is 0. The molecule has 1 aliphatic heterocycles. The monoisotopic (exact) mass is 931 g/mol. The third-order valence-electron chi connectivity index (χ3n) is 9.97. The van der Waals surface area contributed by atoms with Crippen LogP contribution in [0.3, 0.4) is 0 Å². The molecule has 0 aliphatic carbocycles. The number of hydrogen-bond donors (Lipinski definition) is 0. The number of para-hydroxylation sites is 3. The summed E-state index contributed by atoms with van der Waals surface area (Å²) in [6.07, 6.45) is 0. The minimum absolute atomic E-state index is 0. The van der Waals surface area contributed by atoms with Gasteiger partial charge >= 0.3 is 0 Å². The molecule has 9 rings (SSSR count). The number of aromatic nitrogens is 3. The van der Waals surface area contributed by atoms with Crippen molar-refractivity contribution >= 4 is 38.9 Å². The van der Waals surface area contributed by atoms with Crippen LogP contribution in [0.1, 0.15) is 26.5 Å². The van der Waals surface area contributed by atoms with Gasteiger partial charge in [0, 0.05) is 54.5 Å². The molecule has 0 atom stereocenters. The maximum atomic E-state index is 15.8. The Morgan fingerprint density at radius 2 is 1.21 bits per heavy atom. The van der Waals surface area contributed by atoms with E-state index in [0.717, 1.165) is 39.0 Å². The van der Waals surface area contributed by atoms with Crippen molar-refractivity contribution in [2.75, 3.05) is 16.8 Å². The predicted octanol–water partition coefficient (Wildman–Crippen LogP) is 11.6. The first-order valence-corrected chi connectivity index (χ1v) is 17.6. The van der Waals surface area contributed by atoms with Crippen LogP contribution >= 0.6 is 0 Å². The molecule has 0 bridgehead atoms. The number of benzene rings is 6. The molecule has 0 amide bonds. The molecule has 0 saturated carbocycles. The SMILES string of the molecule is CN1[CH-]N(c2[c-]c(-n3c4[c-]c(-n5nc(-c6ccccc6)c(-c6c(F)c(F)c(F)c(F)c6F)c5C(C)(C)C)ccc4c4ccccc43)ccc2)c2ccccc21.[Pt]. The van der Waals surface area contributed by atoms with E-state index in [2.05, 4.69) is 34.1 Å². The maximum absolute atomic E-state index is 15.8. The Bertz CT molecular complexity index is 2790. The molecule has 6 aromatic carbocycles. The van der Waals surface area contributed by atoms with E-state index in [0.29, 0.717) is 16.8 Å². The summed E-state index contributed by atoms with van der Waals surface area (Å²) in [5.74, 6) is -10.2. The number of fused-ring (bicyclic) bond motifs is 4. The minimum atomic E-state index is -2.23. The standard InChI is InChI=1S/C45H31F5N5.Pt/c1-45(2,3)44-37(36-38(46)40(48)42(50)41(49)39(36)47)43(26-13-6-5-7-14-26)51-55(44)29-21-22-31-30-17-8-9-18-32(30)54(35(31)24-29)28-16-12-15-27(23-28)53-25-52(4)33-19-10-11-20-34(33)53;/h5-22,25H,1-4H3;/q-3;. The Morgan fingerprint density at radius 1 is 0.589 bits per heavy atom. The fourth-order valence-electron chi connectivity index (χ4n) is 7.57. The van der Waals surface area contributed by atoms with E-state index in [4.69, 9.17) is 5.10 Å². The molecule has 11 heteroatoms. The summed E-state index contributed by atoms with van der Waals surface area (Å²) in [6.45, 7) is 7.40. The Balaban J connectivity index is 0.00000441. The zero-order valence-electron chi connectivity index (χ0n) is 30.4. The largest absolute Gasteiger partial charge is 0.504 e. The fraction of sp³-hybridized carbons (Fsp3) is 0.111. The molecule has 284 valence electrons. The predicted molar refractivity (Wildman–Crippen MR) is 206 cm³/mol. The molecule has 0 radical (unpaired) electrons. The molecule has 0 fully saturated rings. The zero-order valence-corrected chi connectivity index (χ0v) is 32.7.